The van der Waals surface area contributed by atoms with E-state index in [0.29, 0.717) is 0 Å². The fourth-order valence-electron chi connectivity index (χ4n) is 2.00. The van der Waals surface area contributed by atoms with Gasteiger partial charge in [-0.15, -0.1) is 0 Å². The number of hydrogen-bond acceptors (Lipinski definition) is 0. The first-order chi connectivity index (χ1) is 7.88. The number of halogens is 2. The van der Waals surface area contributed by atoms with Gasteiger partial charge >= 0.3 is 0 Å². The van der Waals surface area contributed by atoms with Crippen LogP contribution in [-0.2, 0) is 0 Å². The first-order valence-electron chi connectivity index (χ1n) is 5.68. The van der Waals surface area contributed by atoms with Gasteiger partial charge in [0.15, 0.2) is 0 Å². The molecular weight excluding hydrogens is 340 g/mol. The van der Waals surface area contributed by atoms with Crippen LogP contribution < -0.4 is 0 Å². The quantitative estimate of drug-likeness (QED) is 0.527. The summed E-state index contributed by atoms with van der Waals surface area (Å²) in [5.74, 6) is 0. The van der Waals surface area contributed by atoms with Crippen LogP contribution in [0.5, 0.6) is 0 Å². The van der Waals surface area contributed by atoms with Crippen LogP contribution in [0.4, 0.5) is 0 Å². The molecule has 0 N–H and O–H groups in total. The van der Waals surface area contributed by atoms with Crippen molar-refractivity contribution in [2.24, 2.45) is 0 Å². The molecule has 0 spiro atoms. The van der Waals surface area contributed by atoms with Crippen molar-refractivity contribution in [3.05, 3.63) is 56.1 Å². The van der Waals surface area contributed by atoms with Crippen LogP contribution in [0.3, 0.4) is 0 Å². The summed E-state index contributed by atoms with van der Waals surface area (Å²) in [6.45, 7) is 14.4. The lowest BCUT2D eigenvalue weighted by Crippen LogP contribution is -1.91. The molecule has 0 bridgehead atoms. The van der Waals surface area contributed by atoms with E-state index in [2.05, 4.69) is 71.9 Å². The molecule has 2 heteroatoms. The average molecular weight is 358 g/mol. The zero-order valence-electron chi connectivity index (χ0n) is 10.7. The molecule has 0 aliphatic heterocycles. The molecule has 1 aliphatic carbocycles. The van der Waals surface area contributed by atoms with Crippen molar-refractivity contribution in [3.8, 4) is 0 Å². The standard InChI is InChI=1S/C15H18Br2/c1-6-12(9(2)3)15(17)14-8-10(4)7-13(14)11(5)16/h8H,2,5-7H2,1,3-4H3. The van der Waals surface area contributed by atoms with Gasteiger partial charge in [-0.3, -0.25) is 0 Å². The molecule has 0 amide bonds. The van der Waals surface area contributed by atoms with Crippen LogP contribution in [0.1, 0.15) is 33.6 Å². The summed E-state index contributed by atoms with van der Waals surface area (Å²) >= 11 is 7.22. The molecule has 1 aliphatic rings. The molecule has 1 rings (SSSR count). The van der Waals surface area contributed by atoms with E-state index in [9.17, 15) is 0 Å². The summed E-state index contributed by atoms with van der Waals surface area (Å²) in [6, 6.07) is 0. The molecule has 0 radical (unpaired) electrons. The van der Waals surface area contributed by atoms with Crippen LogP contribution in [0.2, 0.25) is 0 Å². The highest BCUT2D eigenvalue weighted by Gasteiger charge is 2.18. The van der Waals surface area contributed by atoms with Crippen molar-refractivity contribution in [3.63, 3.8) is 0 Å². The third kappa shape index (κ3) is 3.32. The highest BCUT2D eigenvalue weighted by atomic mass is 79.9. The van der Waals surface area contributed by atoms with Gasteiger partial charge in [-0.2, -0.15) is 0 Å². The van der Waals surface area contributed by atoms with E-state index in [1.54, 1.807) is 0 Å². The molecule has 0 aromatic carbocycles. The van der Waals surface area contributed by atoms with E-state index in [4.69, 9.17) is 0 Å². The number of allylic oxidation sites excluding steroid dienone is 8. The predicted octanol–water partition coefficient (Wildman–Crippen LogP) is 6.18. The Morgan fingerprint density at radius 3 is 2.35 bits per heavy atom. The molecule has 0 heterocycles. The fraction of sp³-hybridized carbons (Fsp3) is 0.333. The molecule has 0 fully saturated rings. The van der Waals surface area contributed by atoms with Gasteiger partial charge in [0.2, 0.25) is 0 Å². The summed E-state index contributed by atoms with van der Waals surface area (Å²) in [5, 5.41) is 0. The zero-order valence-corrected chi connectivity index (χ0v) is 13.8. The smallest absolute Gasteiger partial charge is 0.0285 e. The number of hydrogen-bond donors (Lipinski definition) is 0. The van der Waals surface area contributed by atoms with E-state index in [0.717, 1.165) is 27.4 Å². The molecule has 92 valence electrons. The van der Waals surface area contributed by atoms with Crippen LogP contribution in [0.25, 0.3) is 0 Å². The van der Waals surface area contributed by atoms with E-state index >= 15 is 0 Å². The summed E-state index contributed by atoms with van der Waals surface area (Å²) in [6.07, 6.45) is 4.18. The molecule has 0 aromatic rings. The minimum absolute atomic E-state index is 0.967. The summed E-state index contributed by atoms with van der Waals surface area (Å²) in [4.78, 5) is 0. The Hall–Kier alpha value is -0.340. The monoisotopic (exact) mass is 356 g/mol. The largest absolute Gasteiger partial charge is 0.0958 e. The summed E-state index contributed by atoms with van der Waals surface area (Å²) in [5.41, 5.74) is 6.26. The van der Waals surface area contributed by atoms with Gasteiger partial charge in [-0.1, -0.05) is 53.2 Å². The van der Waals surface area contributed by atoms with E-state index < -0.39 is 0 Å². The highest BCUT2D eigenvalue weighted by Crippen LogP contribution is 2.40. The maximum atomic E-state index is 4.04. The summed E-state index contributed by atoms with van der Waals surface area (Å²) in [7, 11) is 0. The molecular formula is C15H18Br2. The van der Waals surface area contributed by atoms with Crippen molar-refractivity contribution in [2.45, 2.75) is 33.6 Å². The van der Waals surface area contributed by atoms with Crippen molar-refractivity contribution in [1.82, 2.24) is 0 Å². The Labute approximate surface area is 121 Å². The summed E-state index contributed by atoms with van der Waals surface area (Å²) < 4.78 is 2.12. The minimum Gasteiger partial charge on any atom is -0.0958 e. The molecule has 0 nitrogen and oxygen atoms in total. The minimum atomic E-state index is 0.967. The Morgan fingerprint density at radius 2 is 1.94 bits per heavy atom. The topological polar surface area (TPSA) is 0 Å². The first-order valence-corrected chi connectivity index (χ1v) is 7.27. The fourth-order valence-corrected chi connectivity index (χ4v) is 3.33. The van der Waals surface area contributed by atoms with E-state index in [1.807, 2.05) is 0 Å². The second-order valence-corrected chi connectivity index (χ2v) is 6.14. The normalized spacial score (nSPS) is 16.9. The Morgan fingerprint density at radius 1 is 1.35 bits per heavy atom. The van der Waals surface area contributed by atoms with Gasteiger partial charge in [0.05, 0.1) is 0 Å². The SMILES string of the molecule is C=C(C)C(CC)=C(Br)C1=C(C(=C)Br)CC(C)=C1. The molecule has 0 saturated heterocycles. The second-order valence-electron chi connectivity index (χ2n) is 4.39. The third-order valence-corrected chi connectivity index (χ3v) is 4.25. The van der Waals surface area contributed by atoms with Gasteiger partial charge in [0.1, 0.15) is 0 Å². The number of rotatable bonds is 4. The zero-order chi connectivity index (χ0) is 13.2. The molecule has 0 atom stereocenters. The van der Waals surface area contributed by atoms with E-state index in [1.165, 1.54) is 22.3 Å². The van der Waals surface area contributed by atoms with Gasteiger partial charge in [-0.05, 0) is 59.3 Å². The van der Waals surface area contributed by atoms with Gasteiger partial charge < -0.3 is 0 Å². The maximum absolute atomic E-state index is 4.04. The van der Waals surface area contributed by atoms with Gasteiger partial charge in [0.25, 0.3) is 0 Å². The highest BCUT2D eigenvalue weighted by molar-refractivity contribution is 9.12. The lowest BCUT2D eigenvalue weighted by atomic mass is 10.0. The molecule has 17 heavy (non-hydrogen) atoms. The Kier molecular flexibility index (Phi) is 5.21. The molecule has 0 saturated carbocycles. The van der Waals surface area contributed by atoms with Gasteiger partial charge in [0, 0.05) is 8.96 Å². The lowest BCUT2D eigenvalue weighted by molar-refractivity contribution is 1.10. The van der Waals surface area contributed by atoms with Crippen molar-refractivity contribution in [1.29, 1.82) is 0 Å². The van der Waals surface area contributed by atoms with E-state index in [-0.39, 0.29) is 0 Å². The third-order valence-electron chi connectivity index (χ3n) is 2.87. The van der Waals surface area contributed by atoms with Crippen molar-refractivity contribution in [2.75, 3.05) is 0 Å². The predicted molar refractivity (Wildman–Crippen MR) is 84.5 cm³/mol. The van der Waals surface area contributed by atoms with Crippen LogP contribution in [-0.4, -0.2) is 0 Å². The first kappa shape index (κ1) is 14.7. The lowest BCUT2D eigenvalue weighted by Gasteiger charge is -2.11. The van der Waals surface area contributed by atoms with Crippen LogP contribution in [0.15, 0.2) is 56.1 Å². The van der Waals surface area contributed by atoms with Crippen LogP contribution in [0, 0.1) is 0 Å². The van der Waals surface area contributed by atoms with Crippen LogP contribution >= 0.6 is 31.9 Å². The maximum Gasteiger partial charge on any atom is 0.0285 e. The Balaban J connectivity index is 3.34. The molecule has 0 unspecified atom stereocenters. The molecule has 0 aromatic heterocycles. The van der Waals surface area contributed by atoms with Crippen molar-refractivity contribution < 1.29 is 0 Å². The Bertz CT molecular complexity index is 447. The van der Waals surface area contributed by atoms with Gasteiger partial charge in [-0.25, -0.2) is 0 Å². The second kappa shape index (κ2) is 6.01. The van der Waals surface area contributed by atoms with Crippen molar-refractivity contribution >= 4 is 31.9 Å². The average Bonchev–Trinajstić information content (AvgIpc) is 2.60.